The second-order valence-corrected chi connectivity index (χ2v) is 5.51. The van der Waals surface area contributed by atoms with Crippen molar-refractivity contribution >= 4 is 23.4 Å². The number of pyridine rings is 1. The minimum absolute atomic E-state index is 0.0461. The molecular weight excluding hydrogens is 286 g/mol. The summed E-state index contributed by atoms with van der Waals surface area (Å²) in [5.41, 5.74) is 0.563. The van der Waals surface area contributed by atoms with Crippen LogP contribution in [0.15, 0.2) is 18.3 Å². The Bertz CT molecular complexity index is 522. The minimum Gasteiger partial charge on any atom is -0.481 e. The van der Waals surface area contributed by atoms with Crippen molar-refractivity contribution in [3.05, 3.63) is 18.3 Å². The van der Waals surface area contributed by atoms with Crippen LogP contribution in [-0.4, -0.2) is 47.3 Å². The van der Waals surface area contributed by atoms with Crippen LogP contribution in [0, 0.1) is 0 Å². The van der Waals surface area contributed by atoms with E-state index in [1.807, 2.05) is 19.9 Å². The van der Waals surface area contributed by atoms with Gasteiger partial charge in [-0.25, -0.2) is 4.98 Å². The van der Waals surface area contributed by atoms with E-state index in [0.29, 0.717) is 5.69 Å². The molecule has 0 spiro atoms. The molecule has 7 heteroatoms. The number of aromatic nitrogens is 1. The van der Waals surface area contributed by atoms with Crippen molar-refractivity contribution < 1.29 is 19.4 Å². The lowest BCUT2D eigenvalue weighted by Crippen LogP contribution is -2.45. The molecule has 0 saturated carbocycles. The molecule has 0 radical (unpaired) electrons. The van der Waals surface area contributed by atoms with Gasteiger partial charge in [0, 0.05) is 19.5 Å². The summed E-state index contributed by atoms with van der Waals surface area (Å²) in [4.78, 5) is 28.5. The molecule has 1 saturated heterocycles. The average molecular weight is 307 g/mol. The van der Waals surface area contributed by atoms with Crippen LogP contribution in [0.3, 0.4) is 0 Å². The van der Waals surface area contributed by atoms with Crippen molar-refractivity contribution in [1.82, 2.24) is 4.98 Å². The predicted octanol–water partition coefficient (Wildman–Crippen LogP) is 1.50. The first-order chi connectivity index (χ1) is 10.4. The van der Waals surface area contributed by atoms with Crippen molar-refractivity contribution in [3.63, 3.8) is 0 Å². The van der Waals surface area contributed by atoms with E-state index < -0.39 is 5.97 Å². The van der Waals surface area contributed by atoms with Crippen LogP contribution in [0.25, 0.3) is 0 Å². The van der Waals surface area contributed by atoms with E-state index in [-0.39, 0.29) is 31.0 Å². The third-order valence-electron chi connectivity index (χ3n) is 3.34. The van der Waals surface area contributed by atoms with Crippen LogP contribution in [0.4, 0.5) is 11.5 Å². The first kappa shape index (κ1) is 16.2. The fraction of sp³-hybridized carbons (Fsp3) is 0.533. The van der Waals surface area contributed by atoms with E-state index in [1.54, 1.807) is 12.3 Å². The smallest absolute Gasteiger partial charge is 0.303 e. The van der Waals surface area contributed by atoms with Gasteiger partial charge in [-0.05, 0) is 26.0 Å². The number of hydrogen-bond acceptors (Lipinski definition) is 5. The summed E-state index contributed by atoms with van der Waals surface area (Å²) in [6.45, 7) is 5.61. The van der Waals surface area contributed by atoms with Crippen LogP contribution in [0.2, 0.25) is 0 Å². The van der Waals surface area contributed by atoms with Gasteiger partial charge in [-0.15, -0.1) is 0 Å². The lowest BCUT2D eigenvalue weighted by Gasteiger charge is -2.36. The second-order valence-electron chi connectivity index (χ2n) is 5.51. The number of nitrogens with one attached hydrogen (secondary N) is 1. The Balaban J connectivity index is 1.92. The number of ether oxygens (including phenoxy) is 1. The highest BCUT2D eigenvalue weighted by atomic mass is 16.5. The first-order valence-corrected chi connectivity index (χ1v) is 7.32. The van der Waals surface area contributed by atoms with E-state index in [1.165, 1.54) is 0 Å². The zero-order chi connectivity index (χ0) is 16.1. The highest BCUT2D eigenvalue weighted by Crippen LogP contribution is 2.19. The van der Waals surface area contributed by atoms with Gasteiger partial charge >= 0.3 is 5.97 Å². The molecule has 2 unspecified atom stereocenters. The molecule has 22 heavy (non-hydrogen) atoms. The van der Waals surface area contributed by atoms with Crippen LogP contribution in [0.1, 0.15) is 26.7 Å². The van der Waals surface area contributed by atoms with Gasteiger partial charge in [-0.3, -0.25) is 9.59 Å². The van der Waals surface area contributed by atoms with Crippen molar-refractivity contribution in [2.45, 2.75) is 38.9 Å². The third-order valence-corrected chi connectivity index (χ3v) is 3.34. The van der Waals surface area contributed by atoms with Crippen LogP contribution in [0.5, 0.6) is 0 Å². The predicted molar refractivity (Wildman–Crippen MR) is 82.0 cm³/mol. The molecule has 0 aromatic carbocycles. The number of morpholine rings is 1. The third kappa shape index (κ3) is 4.70. The van der Waals surface area contributed by atoms with E-state index >= 15 is 0 Å². The maximum atomic E-state index is 11.6. The molecule has 1 aliphatic rings. The number of carboxylic acids is 1. The Morgan fingerprint density at radius 2 is 2.00 bits per heavy atom. The lowest BCUT2D eigenvalue weighted by atomic mass is 10.2. The molecule has 2 rings (SSSR count). The summed E-state index contributed by atoms with van der Waals surface area (Å²) in [5.74, 6) is -0.477. The zero-order valence-corrected chi connectivity index (χ0v) is 12.8. The second kappa shape index (κ2) is 7.22. The van der Waals surface area contributed by atoms with Crippen molar-refractivity contribution in [2.75, 3.05) is 23.3 Å². The molecule has 1 amide bonds. The quantitative estimate of drug-likeness (QED) is 0.856. The highest BCUT2D eigenvalue weighted by molar-refractivity contribution is 5.92. The number of nitrogens with zero attached hydrogens (tertiary/aromatic N) is 2. The largest absolute Gasteiger partial charge is 0.481 e. The Hall–Kier alpha value is -2.15. The Labute approximate surface area is 129 Å². The molecule has 120 valence electrons. The molecule has 1 aromatic heterocycles. The zero-order valence-electron chi connectivity index (χ0n) is 12.8. The molecule has 2 heterocycles. The monoisotopic (exact) mass is 307 g/mol. The maximum Gasteiger partial charge on any atom is 0.303 e. The van der Waals surface area contributed by atoms with Gasteiger partial charge < -0.3 is 20.1 Å². The fourth-order valence-electron chi connectivity index (χ4n) is 2.46. The number of hydrogen-bond donors (Lipinski definition) is 2. The minimum atomic E-state index is -0.987. The highest BCUT2D eigenvalue weighted by Gasteiger charge is 2.23. The summed E-state index contributed by atoms with van der Waals surface area (Å²) >= 11 is 0. The molecule has 0 bridgehead atoms. The van der Waals surface area contributed by atoms with Gasteiger partial charge in [0.15, 0.2) is 0 Å². The number of aliphatic carboxylic acids is 1. The number of rotatable bonds is 5. The SMILES string of the molecule is CC1CN(c2ccc(NC(=O)CCC(=O)O)cn2)CC(C)O1. The summed E-state index contributed by atoms with van der Waals surface area (Å²) in [6.07, 6.45) is 1.66. The summed E-state index contributed by atoms with van der Waals surface area (Å²) < 4.78 is 5.69. The molecule has 1 aromatic rings. The Morgan fingerprint density at radius 3 is 2.55 bits per heavy atom. The number of amides is 1. The van der Waals surface area contributed by atoms with Gasteiger partial charge in [0.05, 0.1) is 30.5 Å². The van der Waals surface area contributed by atoms with Crippen LogP contribution < -0.4 is 10.2 Å². The Morgan fingerprint density at radius 1 is 1.32 bits per heavy atom. The molecule has 7 nitrogen and oxygen atoms in total. The Kier molecular flexibility index (Phi) is 5.32. The number of carboxylic acid groups (broad SMARTS) is 1. The van der Waals surface area contributed by atoms with Crippen LogP contribution in [-0.2, 0) is 14.3 Å². The molecule has 1 aliphatic heterocycles. The van der Waals surface area contributed by atoms with E-state index in [2.05, 4.69) is 15.2 Å². The van der Waals surface area contributed by atoms with Gasteiger partial charge in [-0.2, -0.15) is 0 Å². The van der Waals surface area contributed by atoms with E-state index in [4.69, 9.17) is 9.84 Å². The molecular formula is C15H21N3O4. The van der Waals surface area contributed by atoms with Crippen LogP contribution >= 0.6 is 0 Å². The molecule has 2 atom stereocenters. The molecule has 1 fully saturated rings. The standard InChI is InChI=1S/C15H21N3O4/c1-10-8-18(9-11(2)22-10)13-4-3-12(7-16-13)17-14(19)5-6-15(20)21/h3-4,7,10-11H,5-6,8-9H2,1-2H3,(H,17,19)(H,20,21). The first-order valence-electron chi connectivity index (χ1n) is 7.32. The maximum absolute atomic E-state index is 11.6. The van der Waals surface area contributed by atoms with Gasteiger partial charge in [-0.1, -0.05) is 0 Å². The summed E-state index contributed by atoms with van der Waals surface area (Å²) in [7, 11) is 0. The van der Waals surface area contributed by atoms with Crippen molar-refractivity contribution in [3.8, 4) is 0 Å². The average Bonchev–Trinajstić information content (AvgIpc) is 2.45. The van der Waals surface area contributed by atoms with Gasteiger partial charge in [0.2, 0.25) is 5.91 Å². The van der Waals surface area contributed by atoms with Crippen molar-refractivity contribution in [1.29, 1.82) is 0 Å². The van der Waals surface area contributed by atoms with E-state index in [9.17, 15) is 9.59 Å². The normalized spacial score (nSPS) is 21.5. The number of anilines is 2. The number of carbonyl (C=O) groups excluding carboxylic acids is 1. The molecule has 0 aliphatic carbocycles. The van der Waals surface area contributed by atoms with Gasteiger partial charge in [0.25, 0.3) is 0 Å². The number of carbonyl (C=O) groups is 2. The topological polar surface area (TPSA) is 91.8 Å². The van der Waals surface area contributed by atoms with Crippen molar-refractivity contribution in [2.24, 2.45) is 0 Å². The summed E-state index contributed by atoms with van der Waals surface area (Å²) in [6, 6.07) is 3.61. The lowest BCUT2D eigenvalue weighted by molar-refractivity contribution is -0.138. The summed E-state index contributed by atoms with van der Waals surface area (Å²) in [5, 5.41) is 11.2. The van der Waals surface area contributed by atoms with E-state index in [0.717, 1.165) is 18.9 Å². The fourth-order valence-corrected chi connectivity index (χ4v) is 2.46. The molecule has 2 N–H and O–H groups in total. The van der Waals surface area contributed by atoms with Gasteiger partial charge in [0.1, 0.15) is 5.82 Å².